The first kappa shape index (κ1) is 34.8. The zero-order valence-corrected chi connectivity index (χ0v) is 25.4. The molecule has 0 saturated heterocycles. The molecule has 4 aromatic rings. The van der Waals surface area contributed by atoms with E-state index in [2.05, 4.69) is 31.6 Å². The van der Waals surface area contributed by atoms with Gasteiger partial charge in [-0.2, -0.15) is 8.78 Å². The first-order valence-corrected chi connectivity index (χ1v) is 15.1. The van der Waals surface area contributed by atoms with Crippen molar-refractivity contribution in [3.8, 4) is 34.0 Å². The van der Waals surface area contributed by atoms with Crippen LogP contribution in [0, 0.1) is 29.2 Å². The van der Waals surface area contributed by atoms with Crippen LogP contribution in [0.25, 0.3) is 22.5 Å². The summed E-state index contributed by atoms with van der Waals surface area (Å²) in [6.45, 7) is 2.01. The Bertz CT molecular complexity index is 1740. The van der Waals surface area contributed by atoms with E-state index in [1.165, 1.54) is 18.6 Å². The van der Waals surface area contributed by atoms with Crippen LogP contribution in [0.5, 0.6) is 11.5 Å². The fourth-order valence-corrected chi connectivity index (χ4v) is 5.83. The maximum absolute atomic E-state index is 15.2. The molecule has 1 saturated carbocycles. The molecule has 5 rings (SSSR count). The third kappa shape index (κ3) is 8.29. The zero-order valence-electron chi connectivity index (χ0n) is 25.4. The molecule has 1 heterocycles. The van der Waals surface area contributed by atoms with E-state index in [-0.39, 0.29) is 23.0 Å². The second-order valence-corrected chi connectivity index (χ2v) is 11.5. The maximum Gasteiger partial charge on any atom is 0.573 e. The lowest BCUT2D eigenvalue weighted by molar-refractivity contribution is -0.275. The molecule has 0 unspecified atom stereocenters. The molecule has 0 radical (unpaired) electrons. The van der Waals surface area contributed by atoms with Crippen molar-refractivity contribution < 1.29 is 49.0 Å². The van der Waals surface area contributed by atoms with Crippen LogP contribution >= 0.6 is 0 Å². The van der Waals surface area contributed by atoms with Gasteiger partial charge < -0.3 is 9.47 Å². The Morgan fingerprint density at radius 3 is 1.98 bits per heavy atom. The number of alkyl halides is 5. The van der Waals surface area contributed by atoms with Gasteiger partial charge in [-0.3, -0.25) is 0 Å². The number of hydrogen-bond donors (Lipinski definition) is 0. The quantitative estimate of drug-likeness (QED) is 0.124. The fraction of sp³-hybridized carbons (Fsp3) is 0.314. The van der Waals surface area contributed by atoms with Gasteiger partial charge in [-0.1, -0.05) is 24.3 Å². The summed E-state index contributed by atoms with van der Waals surface area (Å²) >= 11 is 0. The normalized spacial score (nSPS) is 17.1. The van der Waals surface area contributed by atoms with Crippen molar-refractivity contribution in [1.82, 2.24) is 9.97 Å². The van der Waals surface area contributed by atoms with E-state index in [1.54, 1.807) is 12.4 Å². The van der Waals surface area contributed by atoms with Crippen molar-refractivity contribution in [2.24, 2.45) is 5.92 Å². The molecule has 13 heteroatoms. The van der Waals surface area contributed by atoms with E-state index in [0.717, 1.165) is 43.7 Å². The monoisotopic (exact) mass is 680 g/mol. The minimum atomic E-state index is -5.26. The van der Waals surface area contributed by atoms with Gasteiger partial charge in [0.15, 0.2) is 17.4 Å². The summed E-state index contributed by atoms with van der Waals surface area (Å²) in [6, 6.07) is 5.60. The van der Waals surface area contributed by atoms with E-state index in [1.807, 2.05) is 6.92 Å². The average Bonchev–Trinajstić information content (AvgIpc) is 3.01. The Morgan fingerprint density at radius 2 is 1.40 bits per heavy atom. The minimum absolute atomic E-state index is 0.131. The van der Waals surface area contributed by atoms with Crippen LogP contribution in [0.1, 0.15) is 62.5 Å². The number of benzene rings is 3. The topological polar surface area (TPSA) is 44.2 Å². The molecule has 1 aliphatic rings. The number of ether oxygens (including phenoxy) is 2. The lowest BCUT2D eigenvalue weighted by Crippen LogP contribution is -2.25. The largest absolute Gasteiger partial charge is 0.573 e. The van der Waals surface area contributed by atoms with Crippen LogP contribution in [0.3, 0.4) is 0 Å². The van der Waals surface area contributed by atoms with Crippen molar-refractivity contribution >= 4 is 0 Å². The highest BCUT2D eigenvalue weighted by Crippen LogP contribution is 2.40. The molecule has 1 fully saturated rings. The van der Waals surface area contributed by atoms with Gasteiger partial charge >= 0.3 is 12.5 Å². The molecular formula is C35H29F9N2O2. The van der Waals surface area contributed by atoms with Crippen LogP contribution in [0.2, 0.25) is 0 Å². The molecule has 1 aliphatic carbocycles. The predicted molar refractivity (Wildman–Crippen MR) is 159 cm³/mol. The Labute approximate surface area is 270 Å². The maximum atomic E-state index is 15.2. The number of nitrogens with zero attached hydrogens (tertiary/aromatic N) is 2. The third-order valence-corrected chi connectivity index (χ3v) is 8.21. The highest BCUT2D eigenvalue weighted by atomic mass is 19.4. The Kier molecular flexibility index (Phi) is 10.4. The second kappa shape index (κ2) is 14.3. The minimum Gasteiger partial charge on any atom is -0.429 e. The van der Waals surface area contributed by atoms with Crippen LogP contribution in [-0.2, 0) is 6.11 Å². The van der Waals surface area contributed by atoms with E-state index in [0.29, 0.717) is 36.1 Å². The van der Waals surface area contributed by atoms with Crippen LogP contribution in [-0.4, -0.2) is 16.3 Å². The van der Waals surface area contributed by atoms with Crippen LogP contribution in [0.4, 0.5) is 39.5 Å². The van der Waals surface area contributed by atoms with Gasteiger partial charge in [-0.15, -0.1) is 13.2 Å². The summed E-state index contributed by atoms with van der Waals surface area (Å²) in [4.78, 5) is 8.78. The number of allylic oxidation sites excluding steroid dienone is 2. The summed E-state index contributed by atoms with van der Waals surface area (Å²) in [6.07, 6.45) is 4.23. The molecule has 0 N–H and O–H groups in total. The van der Waals surface area contributed by atoms with E-state index >= 15 is 4.39 Å². The molecule has 0 bridgehead atoms. The van der Waals surface area contributed by atoms with Crippen molar-refractivity contribution in [3.63, 3.8) is 0 Å². The van der Waals surface area contributed by atoms with E-state index in [9.17, 15) is 35.1 Å². The molecule has 0 atom stereocenters. The molecule has 254 valence electrons. The van der Waals surface area contributed by atoms with Gasteiger partial charge in [0.25, 0.3) is 0 Å². The smallest absolute Gasteiger partial charge is 0.429 e. The SMILES string of the molecule is C/C=C/CCC1CCC(c2cnc(-c3ccc(-c4cc(F)c(C(F)(F)Oc5ccc(OC(F)(F)F)c(F)c5)c(F)c4)c(F)c3)nc2)CC1. The number of rotatable bonds is 10. The third-order valence-electron chi connectivity index (χ3n) is 8.21. The number of halogens is 9. The highest BCUT2D eigenvalue weighted by Gasteiger charge is 2.42. The lowest BCUT2D eigenvalue weighted by Gasteiger charge is -2.28. The summed E-state index contributed by atoms with van der Waals surface area (Å²) in [5, 5.41) is 0. The van der Waals surface area contributed by atoms with Gasteiger partial charge in [0.1, 0.15) is 28.8 Å². The molecular weight excluding hydrogens is 651 g/mol. The molecule has 1 aromatic heterocycles. The Balaban J connectivity index is 1.28. The molecule has 48 heavy (non-hydrogen) atoms. The van der Waals surface area contributed by atoms with Gasteiger partial charge in [-0.05, 0) is 98.7 Å². The highest BCUT2D eigenvalue weighted by molar-refractivity contribution is 5.69. The molecule has 4 nitrogen and oxygen atoms in total. The van der Waals surface area contributed by atoms with Gasteiger partial charge in [0.05, 0.1) is 0 Å². The fourth-order valence-electron chi connectivity index (χ4n) is 5.83. The Morgan fingerprint density at radius 1 is 0.750 bits per heavy atom. The average molecular weight is 681 g/mol. The Hall–Kier alpha value is -4.55. The zero-order chi connectivity index (χ0) is 34.6. The van der Waals surface area contributed by atoms with E-state index in [4.69, 9.17) is 0 Å². The second-order valence-electron chi connectivity index (χ2n) is 11.5. The number of hydrogen-bond acceptors (Lipinski definition) is 4. The molecule has 0 aliphatic heterocycles. The lowest BCUT2D eigenvalue weighted by atomic mass is 9.78. The molecule has 0 amide bonds. The van der Waals surface area contributed by atoms with Crippen LogP contribution in [0.15, 0.2) is 73.1 Å². The molecule has 3 aromatic carbocycles. The first-order valence-electron chi connectivity index (χ1n) is 15.1. The first-order chi connectivity index (χ1) is 22.7. The standard InChI is InChI=1S/C35H29F9N2O2/c1-2-3-4-5-20-6-8-21(9-7-20)24-18-45-33(46-19-24)22-10-12-26(27(36)14-22)23-15-29(38)32(30(39)16-23)34(40,41)47-25-11-13-31(28(37)17-25)48-35(42,43)44/h2-3,10-21H,4-9H2,1H3/b3-2+. The van der Waals surface area contributed by atoms with Crippen molar-refractivity contribution in [2.45, 2.75) is 63.8 Å². The van der Waals surface area contributed by atoms with Gasteiger partial charge in [0, 0.05) is 29.6 Å². The van der Waals surface area contributed by atoms with Crippen molar-refractivity contribution in [2.75, 3.05) is 0 Å². The number of aromatic nitrogens is 2. The molecule has 0 spiro atoms. The van der Waals surface area contributed by atoms with Crippen molar-refractivity contribution in [1.29, 1.82) is 0 Å². The summed E-state index contributed by atoms with van der Waals surface area (Å²) in [7, 11) is 0. The van der Waals surface area contributed by atoms with Crippen LogP contribution < -0.4 is 9.47 Å². The summed E-state index contributed by atoms with van der Waals surface area (Å²) in [5.41, 5.74) is -1.32. The van der Waals surface area contributed by atoms with Gasteiger partial charge in [-0.25, -0.2) is 27.5 Å². The summed E-state index contributed by atoms with van der Waals surface area (Å²) < 4.78 is 133. The van der Waals surface area contributed by atoms with Crippen molar-refractivity contribution in [3.05, 3.63) is 107 Å². The van der Waals surface area contributed by atoms with Gasteiger partial charge in [0.2, 0.25) is 0 Å². The van der Waals surface area contributed by atoms with E-state index < -0.39 is 58.4 Å². The summed E-state index contributed by atoms with van der Waals surface area (Å²) in [5.74, 6) is -7.40. The predicted octanol–water partition coefficient (Wildman–Crippen LogP) is 11.0.